The summed E-state index contributed by atoms with van der Waals surface area (Å²) in [5, 5.41) is 12.7. The quantitative estimate of drug-likeness (QED) is 0.562. The molecule has 0 bridgehead atoms. The molecule has 1 aromatic heterocycles. The zero-order valence-corrected chi connectivity index (χ0v) is 17.7. The van der Waals surface area contributed by atoms with E-state index >= 15 is 0 Å². The van der Waals surface area contributed by atoms with Crippen LogP contribution in [0.2, 0.25) is 0 Å². The van der Waals surface area contributed by atoms with Crippen molar-refractivity contribution in [3.8, 4) is 0 Å². The summed E-state index contributed by atoms with van der Waals surface area (Å²) >= 11 is 0. The first-order valence-electron chi connectivity index (χ1n) is 9.90. The SMILES string of the molecule is C[C@@H](c1ccc2c(c1NC(=O)NS(=N)(=O)c1cc(C(C)(C)O)co1)CC2)C1CC1. The van der Waals surface area contributed by atoms with E-state index in [1.165, 1.54) is 30.7 Å². The Balaban J connectivity index is 1.54. The molecule has 0 aliphatic heterocycles. The number of amides is 2. The van der Waals surface area contributed by atoms with Crippen LogP contribution in [0.5, 0.6) is 0 Å². The fraction of sp³-hybridized carbons (Fsp3) is 0.476. The van der Waals surface area contributed by atoms with Crippen molar-refractivity contribution in [2.24, 2.45) is 5.92 Å². The van der Waals surface area contributed by atoms with E-state index in [1.54, 1.807) is 13.8 Å². The lowest BCUT2D eigenvalue weighted by molar-refractivity contribution is 0.0779. The van der Waals surface area contributed by atoms with Crippen LogP contribution in [-0.2, 0) is 28.4 Å². The number of carbonyl (C=O) groups is 1. The Kier molecular flexibility index (Phi) is 4.74. The number of nitrogens with one attached hydrogen (secondary N) is 3. The fourth-order valence-corrected chi connectivity index (χ4v) is 4.69. The van der Waals surface area contributed by atoms with Gasteiger partial charge in [-0.05, 0) is 68.1 Å². The molecule has 1 heterocycles. The summed E-state index contributed by atoms with van der Waals surface area (Å²) < 4.78 is 28.3. The van der Waals surface area contributed by atoms with E-state index in [-0.39, 0.29) is 5.09 Å². The number of aliphatic hydroxyl groups is 1. The van der Waals surface area contributed by atoms with E-state index in [0.717, 1.165) is 29.7 Å². The summed E-state index contributed by atoms with van der Waals surface area (Å²) in [5.41, 5.74) is 3.43. The zero-order chi connectivity index (χ0) is 21.0. The topological polar surface area (TPSA) is 115 Å². The van der Waals surface area contributed by atoms with Crippen LogP contribution in [0, 0.1) is 10.7 Å². The average Bonchev–Trinajstić information content (AvgIpc) is 3.29. The van der Waals surface area contributed by atoms with Gasteiger partial charge in [-0.1, -0.05) is 19.1 Å². The molecule has 1 fully saturated rings. The van der Waals surface area contributed by atoms with Crippen molar-refractivity contribution in [1.82, 2.24) is 4.72 Å². The Labute approximate surface area is 171 Å². The van der Waals surface area contributed by atoms with Crippen molar-refractivity contribution in [3.05, 3.63) is 46.7 Å². The first kappa shape index (κ1) is 20.0. The van der Waals surface area contributed by atoms with Gasteiger partial charge in [0.15, 0.2) is 9.92 Å². The van der Waals surface area contributed by atoms with Gasteiger partial charge in [0.1, 0.15) is 0 Å². The second kappa shape index (κ2) is 6.88. The van der Waals surface area contributed by atoms with Gasteiger partial charge >= 0.3 is 6.03 Å². The predicted octanol–water partition coefficient (Wildman–Crippen LogP) is 4.26. The first-order chi connectivity index (χ1) is 13.6. The Morgan fingerprint density at radius 2 is 2.07 bits per heavy atom. The highest BCUT2D eigenvalue weighted by Crippen LogP contribution is 2.46. The van der Waals surface area contributed by atoms with Crippen LogP contribution in [0.4, 0.5) is 10.5 Å². The van der Waals surface area contributed by atoms with Crippen molar-refractivity contribution in [3.63, 3.8) is 0 Å². The lowest BCUT2D eigenvalue weighted by Gasteiger charge is -2.27. The van der Waals surface area contributed by atoms with Gasteiger partial charge in [-0.15, -0.1) is 0 Å². The number of anilines is 1. The Morgan fingerprint density at radius 3 is 2.62 bits per heavy atom. The Bertz CT molecular complexity index is 1060. The molecular formula is C21H27N3O4S. The maximum absolute atomic E-state index is 12.8. The predicted molar refractivity (Wildman–Crippen MR) is 110 cm³/mol. The number of fused-ring (bicyclic) bond motifs is 1. The van der Waals surface area contributed by atoms with Crippen LogP contribution in [0.25, 0.3) is 0 Å². The van der Waals surface area contributed by atoms with Crippen LogP contribution < -0.4 is 10.0 Å². The molecule has 2 atom stereocenters. The van der Waals surface area contributed by atoms with Crippen LogP contribution >= 0.6 is 0 Å². The largest absolute Gasteiger partial charge is 0.452 e. The van der Waals surface area contributed by atoms with E-state index in [4.69, 9.17) is 9.20 Å². The third kappa shape index (κ3) is 3.91. The number of furan rings is 1. The van der Waals surface area contributed by atoms with Gasteiger partial charge in [-0.2, -0.15) is 0 Å². The Hall–Kier alpha value is -2.32. The molecule has 0 saturated heterocycles. The molecule has 2 amide bonds. The standard InChI is InChI=1S/C21H27N3O4S/c1-12(13-4-5-13)16-8-6-14-7-9-17(14)19(16)23-20(25)24-29(22,27)18-10-15(11-28-18)21(2,3)26/h6,8,10-13,26H,4-5,7,9H2,1-3H3,(H3,22,23,24,25,27)/t12-,29?/m1/s1. The first-order valence-corrected chi connectivity index (χ1v) is 11.5. The van der Waals surface area contributed by atoms with Crippen molar-refractivity contribution in [1.29, 1.82) is 4.78 Å². The third-order valence-corrected chi connectivity index (χ3v) is 7.20. The Morgan fingerprint density at radius 1 is 1.34 bits per heavy atom. The maximum Gasteiger partial charge on any atom is 0.332 e. The molecular weight excluding hydrogens is 390 g/mol. The normalized spacial score (nSPS) is 18.9. The number of carbonyl (C=O) groups excluding carboxylic acids is 1. The summed E-state index contributed by atoms with van der Waals surface area (Å²) in [6.45, 7) is 5.29. The fourth-order valence-electron chi connectivity index (χ4n) is 3.80. The summed E-state index contributed by atoms with van der Waals surface area (Å²) in [7, 11) is -3.70. The van der Waals surface area contributed by atoms with Crippen LogP contribution in [-0.4, -0.2) is 15.3 Å². The molecule has 2 aliphatic carbocycles. The third-order valence-electron chi connectivity index (χ3n) is 5.95. The van der Waals surface area contributed by atoms with E-state index in [1.807, 2.05) is 0 Å². The minimum Gasteiger partial charge on any atom is -0.452 e. The van der Waals surface area contributed by atoms with Gasteiger partial charge in [0.05, 0.1) is 11.9 Å². The number of rotatable bonds is 6. The van der Waals surface area contributed by atoms with E-state index < -0.39 is 21.5 Å². The molecule has 2 aromatic rings. The molecule has 4 rings (SSSR count). The minimum absolute atomic E-state index is 0.197. The molecule has 7 nitrogen and oxygen atoms in total. The second-order valence-corrected chi connectivity index (χ2v) is 10.3. The molecule has 1 aromatic carbocycles. The van der Waals surface area contributed by atoms with Crippen molar-refractivity contribution >= 4 is 21.6 Å². The lowest BCUT2D eigenvalue weighted by atomic mass is 9.82. The summed E-state index contributed by atoms with van der Waals surface area (Å²) in [6, 6.07) is 4.85. The van der Waals surface area contributed by atoms with Crippen molar-refractivity contribution in [2.45, 2.75) is 63.1 Å². The molecule has 8 heteroatoms. The number of aryl methyl sites for hydroxylation is 1. The van der Waals surface area contributed by atoms with E-state index in [2.05, 4.69) is 29.1 Å². The number of hydrogen-bond donors (Lipinski definition) is 4. The van der Waals surface area contributed by atoms with Crippen LogP contribution in [0.3, 0.4) is 0 Å². The van der Waals surface area contributed by atoms with Gasteiger partial charge in [0.25, 0.3) is 0 Å². The summed E-state index contributed by atoms with van der Waals surface area (Å²) in [4.78, 5) is 12.6. The van der Waals surface area contributed by atoms with Crippen molar-refractivity contribution < 1.29 is 18.5 Å². The number of benzene rings is 1. The van der Waals surface area contributed by atoms with Gasteiger partial charge < -0.3 is 14.8 Å². The van der Waals surface area contributed by atoms with Gasteiger partial charge in [-0.25, -0.2) is 18.5 Å². The van der Waals surface area contributed by atoms with Gasteiger partial charge in [0.2, 0.25) is 5.09 Å². The van der Waals surface area contributed by atoms with Gasteiger partial charge in [0, 0.05) is 17.3 Å². The number of urea groups is 1. The smallest absolute Gasteiger partial charge is 0.332 e. The maximum atomic E-state index is 12.8. The monoisotopic (exact) mass is 417 g/mol. The van der Waals surface area contributed by atoms with E-state index in [9.17, 15) is 14.1 Å². The molecule has 2 aliphatic rings. The molecule has 29 heavy (non-hydrogen) atoms. The highest BCUT2D eigenvalue weighted by atomic mass is 32.2. The zero-order valence-electron chi connectivity index (χ0n) is 16.9. The van der Waals surface area contributed by atoms with Crippen LogP contribution in [0.1, 0.15) is 61.8 Å². The van der Waals surface area contributed by atoms with Crippen molar-refractivity contribution in [2.75, 3.05) is 5.32 Å². The molecule has 1 unspecified atom stereocenters. The highest BCUT2D eigenvalue weighted by molar-refractivity contribution is 7.91. The minimum atomic E-state index is -3.70. The second-order valence-electron chi connectivity index (χ2n) is 8.62. The molecule has 0 radical (unpaired) electrons. The number of hydrogen-bond acceptors (Lipinski definition) is 5. The molecule has 0 spiro atoms. The van der Waals surface area contributed by atoms with Crippen LogP contribution in [0.15, 0.2) is 34.0 Å². The lowest BCUT2D eigenvalue weighted by Crippen LogP contribution is -2.34. The molecule has 4 N–H and O–H groups in total. The average molecular weight is 418 g/mol. The summed E-state index contributed by atoms with van der Waals surface area (Å²) in [6.07, 6.45) is 5.54. The molecule has 1 saturated carbocycles. The van der Waals surface area contributed by atoms with E-state index in [0.29, 0.717) is 17.4 Å². The van der Waals surface area contributed by atoms with Gasteiger partial charge in [-0.3, -0.25) is 0 Å². The highest BCUT2D eigenvalue weighted by Gasteiger charge is 2.33. The molecule has 156 valence electrons. The summed E-state index contributed by atoms with van der Waals surface area (Å²) in [5.74, 6) is 0.983.